The van der Waals surface area contributed by atoms with Crippen LogP contribution in [0.5, 0.6) is 0 Å². The molecule has 1 aromatic heterocycles. The van der Waals surface area contributed by atoms with Gasteiger partial charge in [0.25, 0.3) is 0 Å². The Labute approximate surface area is 115 Å². The van der Waals surface area contributed by atoms with Gasteiger partial charge < -0.3 is 5.32 Å². The van der Waals surface area contributed by atoms with Crippen LogP contribution in [0, 0.1) is 0 Å². The maximum Gasteiger partial charge on any atom is 0.0582 e. The fraction of sp³-hybridized carbons (Fsp3) is 0. The van der Waals surface area contributed by atoms with Crippen molar-refractivity contribution in [1.29, 1.82) is 0 Å². The van der Waals surface area contributed by atoms with Crippen molar-refractivity contribution in [2.24, 2.45) is 0 Å². The largest absolute Gasteiger partial charge is 0.354 e. The molecule has 0 aliphatic carbocycles. The van der Waals surface area contributed by atoms with E-state index in [1.54, 1.807) is 12.4 Å². The van der Waals surface area contributed by atoms with Crippen LogP contribution >= 0.6 is 43.5 Å². The van der Waals surface area contributed by atoms with Crippen molar-refractivity contribution in [2.75, 3.05) is 5.32 Å². The normalized spacial score (nSPS) is 10.2. The Balaban J connectivity index is 2.24. The van der Waals surface area contributed by atoms with Gasteiger partial charge >= 0.3 is 0 Å². The molecule has 2 rings (SSSR count). The van der Waals surface area contributed by atoms with E-state index in [1.165, 1.54) is 0 Å². The highest BCUT2D eigenvalue weighted by molar-refractivity contribution is 9.10. The van der Waals surface area contributed by atoms with E-state index in [-0.39, 0.29) is 0 Å². The molecule has 0 radical (unpaired) electrons. The quantitative estimate of drug-likeness (QED) is 0.813. The van der Waals surface area contributed by atoms with E-state index in [4.69, 9.17) is 11.6 Å². The molecule has 0 amide bonds. The van der Waals surface area contributed by atoms with Crippen molar-refractivity contribution < 1.29 is 0 Å². The second-order valence-corrected chi connectivity index (χ2v) is 5.32. The molecule has 0 bridgehead atoms. The van der Waals surface area contributed by atoms with Crippen LogP contribution in [0.1, 0.15) is 0 Å². The number of rotatable bonds is 2. The van der Waals surface area contributed by atoms with Gasteiger partial charge in [-0.15, -0.1) is 0 Å². The SMILES string of the molecule is Clc1ccc(Nc2cncc(Br)c2)cc1Br. The average molecular weight is 362 g/mol. The number of aromatic nitrogens is 1. The van der Waals surface area contributed by atoms with Gasteiger partial charge in [-0.3, -0.25) is 4.98 Å². The van der Waals surface area contributed by atoms with Crippen LogP contribution in [0.25, 0.3) is 0 Å². The molecule has 0 unspecified atom stereocenters. The summed E-state index contributed by atoms with van der Waals surface area (Å²) in [4.78, 5) is 4.07. The first-order chi connectivity index (χ1) is 7.65. The van der Waals surface area contributed by atoms with Gasteiger partial charge in [0.15, 0.2) is 0 Å². The number of hydrogen-bond acceptors (Lipinski definition) is 2. The minimum atomic E-state index is 0.693. The molecule has 0 spiro atoms. The molecule has 1 heterocycles. The summed E-state index contributed by atoms with van der Waals surface area (Å²) in [6, 6.07) is 7.62. The van der Waals surface area contributed by atoms with E-state index in [1.807, 2.05) is 24.3 Å². The zero-order valence-electron chi connectivity index (χ0n) is 8.05. The maximum absolute atomic E-state index is 5.91. The molecule has 0 saturated heterocycles. The summed E-state index contributed by atoms with van der Waals surface area (Å²) in [5, 5.41) is 3.92. The Hall–Kier alpha value is -0.580. The smallest absolute Gasteiger partial charge is 0.0582 e. The monoisotopic (exact) mass is 360 g/mol. The lowest BCUT2D eigenvalue weighted by Crippen LogP contribution is -1.91. The molecule has 1 N–H and O–H groups in total. The van der Waals surface area contributed by atoms with E-state index in [0.29, 0.717) is 5.02 Å². The molecule has 0 aliphatic rings. The number of hydrogen-bond donors (Lipinski definition) is 1. The first kappa shape index (κ1) is 11.9. The average Bonchev–Trinajstić information content (AvgIpc) is 2.24. The number of anilines is 2. The van der Waals surface area contributed by atoms with Gasteiger partial charge in [0.2, 0.25) is 0 Å². The second kappa shape index (κ2) is 5.17. The fourth-order valence-corrected chi connectivity index (χ4v) is 2.08. The standard InChI is InChI=1S/C11H7Br2ClN2/c12-7-3-9(6-15-5-7)16-8-1-2-11(14)10(13)4-8/h1-6,16H. The van der Waals surface area contributed by atoms with Crippen LogP contribution < -0.4 is 5.32 Å². The van der Waals surface area contributed by atoms with Crippen molar-refractivity contribution >= 4 is 54.8 Å². The lowest BCUT2D eigenvalue weighted by Gasteiger charge is -2.07. The lowest BCUT2D eigenvalue weighted by atomic mass is 10.3. The van der Waals surface area contributed by atoms with E-state index in [9.17, 15) is 0 Å². The van der Waals surface area contributed by atoms with Crippen molar-refractivity contribution in [1.82, 2.24) is 4.98 Å². The fourth-order valence-electron chi connectivity index (χ4n) is 1.22. The molecule has 0 atom stereocenters. The molecule has 16 heavy (non-hydrogen) atoms. The summed E-state index contributed by atoms with van der Waals surface area (Å²) in [6.45, 7) is 0. The zero-order valence-corrected chi connectivity index (χ0v) is 12.0. The summed E-state index contributed by atoms with van der Waals surface area (Å²) >= 11 is 12.7. The van der Waals surface area contributed by atoms with E-state index in [2.05, 4.69) is 42.2 Å². The number of nitrogens with zero attached hydrogens (tertiary/aromatic N) is 1. The van der Waals surface area contributed by atoms with Crippen molar-refractivity contribution in [3.8, 4) is 0 Å². The summed E-state index contributed by atoms with van der Waals surface area (Å²) in [7, 11) is 0. The summed E-state index contributed by atoms with van der Waals surface area (Å²) in [5.41, 5.74) is 1.87. The summed E-state index contributed by atoms with van der Waals surface area (Å²) in [5.74, 6) is 0. The third-order valence-electron chi connectivity index (χ3n) is 1.91. The van der Waals surface area contributed by atoms with E-state index in [0.717, 1.165) is 20.3 Å². The maximum atomic E-state index is 5.91. The summed E-state index contributed by atoms with van der Waals surface area (Å²) < 4.78 is 1.80. The third kappa shape index (κ3) is 2.97. The Bertz CT molecular complexity index is 517. The molecule has 2 nitrogen and oxygen atoms in total. The Morgan fingerprint density at radius 3 is 2.56 bits per heavy atom. The van der Waals surface area contributed by atoms with Gasteiger partial charge in [0.1, 0.15) is 0 Å². The van der Waals surface area contributed by atoms with Crippen molar-refractivity contribution in [3.05, 3.63) is 50.6 Å². The molecule has 5 heteroatoms. The topological polar surface area (TPSA) is 24.9 Å². The Kier molecular flexibility index (Phi) is 3.84. The number of benzene rings is 1. The van der Waals surface area contributed by atoms with Gasteiger partial charge in [-0.1, -0.05) is 11.6 Å². The molecule has 82 valence electrons. The van der Waals surface area contributed by atoms with E-state index < -0.39 is 0 Å². The Morgan fingerprint density at radius 1 is 1.06 bits per heavy atom. The highest BCUT2D eigenvalue weighted by atomic mass is 79.9. The van der Waals surface area contributed by atoms with Crippen LogP contribution in [-0.2, 0) is 0 Å². The highest BCUT2D eigenvalue weighted by Crippen LogP contribution is 2.27. The van der Waals surface area contributed by atoms with Crippen LogP contribution in [0.3, 0.4) is 0 Å². The van der Waals surface area contributed by atoms with Gasteiger partial charge in [-0.05, 0) is 56.1 Å². The molecule has 0 saturated carbocycles. The zero-order chi connectivity index (χ0) is 11.5. The molecule has 0 fully saturated rings. The lowest BCUT2D eigenvalue weighted by molar-refractivity contribution is 1.30. The molecule has 2 aromatic rings. The van der Waals surface area contributed by atoms with Gasteiger partial charge in [-0.2, -0.15) is 0 Å². The minimum Gasteiger partial charge on any atom is -0.354 e. The van der Waals surface area contributed by atoms with Crippen molar-refractivity contribution in [3.63, 3.8) is 0 Å². The van der Waals surface area contributed by atoms with Crippen LogP contribution in [0.2, 0.25) is 5.02 Å². The number of halogens is 3. The van der Waals surface area contributed by atoms with Crippen LogP contribution in [0.15, 0.2) is 45.6 Å². The van der Waals surface area contributed by atoms with Crippen LogP contribution in [0.4, 0.5) is 11.4 Å². The number of pyridine rings is 1. The molecular formula is C11H7Br2ClN2. The first-order valence-corrected chi connectivity index (χ1v) is 6.44. The minimum absolute atomic E-state index is 0.693. The predicted molar refractivity (Wildman–Crippen MR) is 74.4 cm³/mol. The molecular weight excluding hydrogens is 355 g/mol. The Morgan fingerprint density at radius 2 is 1.88 bits per heavy atom. The number of nitrogens with one attached hydrogen (secondary N) is 1. The highest BCUT2D eigenvalue weighted by Gasteiger charge is 2.00. The molecule has 1 aromatic carbocycles. The van der Waals surface area contributed by atoms with Gasteiger partial charge in [0, 0.05) is 20.8 Å². The predicted octanol–water partition coefficient (Wildman–Crippen LogP) is 5.00. The second-order valence-electron chi connectivity index (χ2n) is 3.15. The van der Waals surface area contributed by atoms with E-state index >= 15 is 0 Å². The first-order valence-electron chi connectivity index (χ1n) is 4.48. The molecule has 0 aliphatic heterocycles. The third-order valence-corrected chi connectivity index (χ3v) is 3.56. The summed E-state index contributed by atoms with van der Waals surface area (Å²) in [6.07, 6.45) is 3.50. The van der Waals surface area contributed by atoms with Gasteiger partial charge in [-0.25, -0.2) is 0 Å². The van der Waals surface area contributed by atoms with Crippen molar-refractivity contribution in [2.45, 2.75) is 0 Å². The van der Waals surface area contributed by atoms with Gasteiger partial charge in [0.05, 0.1) is 16.9 Å². The van der Waals surface area contributed by atoms with Crippen LogP contribution in [-0.4, -0.2) is 4.98 Å².